The van der Waals surface area contributed by atoms with Crippen molar-refractivity contribution in [2.45, 2.75) is 0 Å². The molecular formula is C88H52N6O3. The Morgan fingerprint density at radius 1 is 0.175 bits per heavy atom. The van der Waals surface area contributed by atoms with Crippen LogP contribution in [0.2, 0.25) is 0 Å². The SMILES string of the molecule is [2H]c1c([2H])c([2H])c(-c2nc(-c3c([2H])c([2H])c(-c4c([2H])c([2H])c([2H])c5oc6c([2H])c([2H])c7c([2H])c([2H])c([2H])c([2H])c7c6c45)c4c([2H])c([2H])c([2H])c([2H])c34)nc(-c3c([2H])c([2H])c([2H])c4oc5c([2H])c([2H])c([2H])c([2H])c5c34)n2)c([2H])c1[2H].[2H]c1c([2H])c([2H])c(-c2nc(-c3c([2H])c([2H])c([2H])c([2H])c3[2H])nc(-c3c([2H])c([2H])c(-c4c([2H])c([2H])c([2H])c5oc6c([2H])c([2H])c7c([2H])c([2H])c([2H])c([2H])c7c6c45)c4c([2H])c([2H])c([2H])c([2H])c34)n2)c([2H])c1[2H]. The summed E-state index contributed by atoms with van der Waals surface area (Å²) in [7, 11) is 0. The van der Waals surface area contributed by atoms with Crippen molar-refractivity contribution in [2.24, 2.45) is 0 Å². The monoisotopic (exact) mass is 1290 g/mol. The molecule has 20 aromatic rings. The number of nitrogens with zero attached hydrogens (tertiary/aromatic N) is 6. The van der Waals surface area contributed by atoms with Gasteiger partial charge in [-0.3, -0.25) is 0 Å². The van der Waals surface area contributed by atoms with E-state index in [1.54, 1.807) is 0 Å². The molecule has 0 unspecified atom stereocenters. The van der Waals surface area contributed by atoms with Crippen molar-refractivity contribution in [1.82, 2.24) is 29.9 Å². The second-order valence-corrected chi connectivity index (χ2v) is 20.4. The normalized spacial score (nSPS) is 19.2. The Balaban J connectivity index is 0.000000189. The average molecular weight is 1290 g/mol. The Bertz CT molecular complexity index is 9660. The van der Waals surface area contributed by atoms with Crippen molar-refractivity contribution >= 4 is 109 Å². The Morgan fingerprint density at radius 3 is 0.928 bits per heavy atom. The highest BCUT2D eigenvalue weighted by Gasteiger charge is 2.24. The minimum atomic E-state index is -1.07. The molecule has 452 valence electrons. The summed E-state index contributed by atoms with van der Waals surface area (Å²) >= 11 is 0. The number of hydrogen-bond acceptors (Lipinski definition) is 9. The Morgan fingerprint density at radius 2 is 0.474 bits per heavy atom. The summed E-state index contributed by atoms with van der Waals surface area (Å²) < 4.78 is 477. The molecule has 0 aliphatic rings. The summed E-state index contributed by atoms with van der Waals surface area (Å²) in [5.41, 5.74) is -10.6. The molecule has 97 heavy (non-hydrogen) atoms. The van der Waals surface area contributed by atoms with E-state index in [1.807, 2.05) is 0 Å². The zero-order valence-electron chi connectivity index (χ0n) is 99.9. The first-order valence-electron chi connectivity index (χ1n) is 54.2. The molecule has 0 saturated heterocycles. The standard InChI is InChI=1S/C47H27N3O2.C41H25N3O/c1-2-13-29(14-3-1)45-48-46(50-47(49-45)37-20-11-22-39-42(37)36-18-8-9-21-38(36)51-39)35-26-25-33(31-16-6-7-17-32(31)35)34-19-10-23-40-44(34)43-30-15-5-4-12-28(30)24-27-41(43)52-40;1-3-13-27(14-4-1)39-42-40(28-15-5-2-6-16-28)44-41(43-39)34-24-23-32(30-18-9-10-19-31(30)34)33-20-11-21-35-38(33)37-29-17-8-7-12-26(29)22-25-36(37)45-35/h1-27H;1-25H/i1D,2D,3D,4D,5D,6D,7D,8D,9D,10D,11D,12D,13D,14D,15D,16D,17D,18D,19D,20D,21D,22D,23D,24D,25D,26D,27D;1D,2D,3D,4D,5D,6D,7D,8D,9D,10D,11D,12D,13D,14D,15D,16D,17D,18D,19D,20D,21D,22D,23D,24D,25D. The average Bonchev–Trinajstić information content (AvgIpc) is 0.946. The van der Waals surface area contributed by atoms with Crippen LogP contribution >= 0.6 is 0 Å². The van der Waals surface area contributed by atoms with E-state index in [0.29, 0.717) is 0 Å². The lowest BCUT2D eigenvalue weighted by Gasteiger charge is -2.14. The van der Waals surface area contributed by atoms with Gasteiger partial charge in [-0.2, -0.15) is 0 Å². The molecule has 5 aromatic heterocycles. The molecule has 0 aliphatic carbocycles. The zero-order valence-corrected chi connectivity index (χ0v) is 47.9. The van der Waals surface area contributed by atoms with Crippen LogP contribution in [0.4, 0.5) is 0 Å². The van der Waals surface area contributed by atoms with Gasteiger partial charge in [-0.1, -0.05) is 266 Å². The number of furan rings is 3. The number of fused-ring (bicyclic) bond motifs is 15. The zero-order chi connectivity index (χ0) is 109. The van der Waals surface area contributed by atoms with Gasteiger partial charge in [0, 0.05) is 65.7 Å². The van der Waals surface area contributed by atoms with Crippen molar-refractivity contribution in [3.63, 3.8) is 0 Å². The lowest BCUT2D eigenvalue weighted by Crippen LogP contribution is -2.01. The molecule has 0 radical (unpaired) electrons. The highest BCUT2D eigenvalue weighted by Crippen LogP contribution is 2.47. The number of rotatable bonds is 8. The fraction of sp³-hybridized carbons (Fsp3) is 0. The lowest BCUT2D eigenvalue weighted by molar-refractivity contribution is 0.668. The molecular weight excluding hydrogens is 1190 g/mol. The van der Waals surface area contributed by atoms with Gasteiger partial charge in [0.25, 0.3) is 0 Å². The second-order valence-electron chi connectivity index (χ2n) is 20.4. The number of benzene rings is 15. The maximum Gasteiger partial charge on any atom is 0.164 e. The minimum Gasteiger partial charge on any atom is -0.456 e. The molecule has 0 bridgehead atoms. The minimum absolute atomic E-state index is 0.400. The molecule has 9 heteroatoms. The van der Waals surface area contributed by atoms with Gasteiger partial charge in [0.2, 0.25) is 0 Å². The van der Waals surface area contributed by atoms with E-state index in [0.717, 1.165) is 0 Å². The largest absolute Gasteiger partial charge is 0.456 e. The molecule has 0 amide bonds. The second kappa shape index (κ2) is 22.8. The van der Waals surface area contributed by atoms with Crippen LogP contribution in [0.5, 0.6) is 0 Å². The number of hydrogen-bond donors (Lipinski definition) is 0. The molecule has 5 heterocycles. The first-order valence-corrected chi connectivity index (χ1v) is 28.2. The molecule has 0 saturated carbocycles. The predicted molar refractivity (Wildman–Crippen MR) is 395 cm³/mol. The van der Waals surface area contributed by atoms with Gasteiger partial charge < -0.3 is 13.3 Å². The van der Waals surface area contributed by atoms with Crippen LogP contribution in [0.1, 0.15) is 71.3 Å². The van der Waals surface area contributed by atoms with Crippen LogP contribution in [-0.4, -0.2) is 29.9 Å². The molecule has 15 aromatic carbocycles. The summed E-state index contributed by atoms with van der Waals surface area (Å²) in [6.45, 7) is 0. The van der Waals surface area contributed by atoms with E-state index >= 15 is 0 Å². The molecule has 9 nitrogen and oxygen atoms in total. The first kappa shape index (κ1) is 24.3. The highest BCUT2D eigenvalue weighted by molar-refractivity contribution is 6.26. The van der Waals surface area contributed by atoms with E-state index in [2.05, 4.69) is 29.9 Å². The van der Waals surface area contributed by atoms with E-state index in [4.69, 9.17) is 69.5 Å². The van der Waals surface area contributed by atoms with Crippen molar-refractivity contribution in [3.8, 4) is 90.6 Å². The summed E-state index contributed by atoms with van der Waals surface area (Å²) in [4.78, 5) is 26.2. The Labute approximate surface area is 628 Å². The number of aromatic nitrogens is 6. The molecule has 0 atom stereocenters. The molecule has 0 spiro atoms. The van der Waals surface area contributed by atoms with Crippen LogP contribution in [-0.2, 0) is 0 Å². The van der Waals surface area contributed by atoms with Gasteiger partial charge in [-0.25, -0.2) is 29.9 Å². The summed E-state index contributed by atoms with van der Waals surface area (Å²) in [6.07, 6.45) is 0. The van der Waals surface area contributed by atoms with Gasteiger partial charge in [0.15, 0.2) is 34.9 Å². The van der Waals surface area contributed by atoms with Gasteiger partial charge in [0.05, 0.1) is 71.3 Å². The summed E-state index contributed by atoms with van der Waals surface area (Å²) in [6, 6.07) is -45.4. The third kappa shape index (κ3) is 9.39. The topological polar surface area (TPSA) is 117 Å². The van der Waals surface area contributed by atoms with Gasteiger partial charge in [-0.05, 0) is 114 Å². The van der Waals surface area contributed by atoms with Crippen molar-refractivity contribution in [1.29, 1.82) is 0 Å². The fourth-order valence-corrected chi connectivity index (χ4v) is 11.0. The predicted octanol–water partition coefficient (Wildman–Crippen LogP) is 23.4. The van der Waals surface area contributed by atoms with Crippen LogP contribution in [0, 0.1) is 0 Å². The quantitative estimate of drug-likeness (QED) is 0.147. The maximum atomic E-state index is 9.85. The van der Waals surface area contributed by atoms with E-state index in [9.17, 15) is 15.1 Å². The molecule has 0 fully saturated rings. The highest BCUT2D eigenvalue weighted by atomic mass is 16.3. The molecule has 0 N–H and O–H groups in total. The number of para-hydroxylation sites is 1. The Kier molecular flexibility index (Phi) is 5.70. The van der Waals surface area contributed by atoms with Crippen molar-refractivity contribution < 1.29 is 84.5 Å². The van der Waals surface area contributed by atoms with Crippen LogP contribution < -0.4 is 0 Å². The van der Waals surface area contributed by atoms with Gasteiger partial charge >= 0.3 is 0 Å². The van der Waals surface area contributed by atoms with Gasteiger partial charge in [-0.15, -0.1) is 0 Å². The van der Waals surface area contributed by atoms with Gasteiger partial charge in [0.1, 0.15) is 33.5 Å². The fourth-order valence-electron chi connectivity index (χ4n) is 11.0. The summed E-state index contributed by atoms with van der Waals surface area (Å²) in [5, 5.41) is -7.44. The summed E-state index contributed by atoms with van der Waals surface area (Å²) in [5.74, 6) is -5.05. The molecule has 20 rings (SSSR count). The third-order valence-electron chi connectivity index (χ3n) is 15.1. The first-order chi connectivity index (χ1) is 69.7. The van der Waals surface area contributed by atoms with Crippen LogP contribution in [0.25, 0.3) is 199 Å². The smallest absolute Gasteiger partial charge is 0.164 e. The Hall–Kier alpha value is -13.2. The van der Waals surface area contributed by atoms with E-state index < -0.39 is 514 Å². The maximum absolute atomic E-state index is 9.85. The van der Waals surface area contributed by atoms with Crippen molar-refractivity contribution in [3.05, 3.63) is 314 Å². The van der Waals surface area contributed by atoms with E-state index in [1.165, 1.54) is 0 Å². The third-order valence-corrected chi connectivity index (χ3v) is 15.1. The molecule has 0 aliphatic heterocycles. The van der Waals surface area contributed by atoms with E-state index in [-0.39, 0.29) is 0 Å². The lowest BCUT2D eigenvalue weighted by atomic mass is 9.91. The van der Waals surface area contributed by atoms with Crippen LogP contribution in [0.15, 0.2) is 327 Å². The van der Waals surface area contributed by atoms with Crippen LogP contribution in [0.3, 0.4) is 0 Å². The van der Waals surface area contributed by atoms with Crippen molar-refractivity contribution in [2.75, 3.05) is 0 Å².